The SMILES string of the molecule is Cc1nn2cccnc2c1C(=O)OCc1ccc(Br)cc1. The second-order valence-corrected chi connectivity index (χ2v) is 5.47. The Bertz CT molecular complexity index is 796. The molecule has 0 saturated carbocycles. The third kappa shape index (κ3) is 2.80. The van der Waals surface area contributed by atoms with Gasteiger partial charge in [0, 0.05) is 16.9 Å². The van der Waals surface area contributed by atoms with Crippen molar-refractivity contribution in [1.29, 1.82) is 0 Å². The molecule has 106 valence electrons. The van der Waals surface area contributed by atoms with Crippen LogP contribution in [0.5, 0.6) is 0 Å². The Morgan fingerprint density at radius 3 is 2.86 bits per heavy atom. The summed E-state index contributed by atoms with van der Waals surface area (Å²) in [7, 11) is 0. The Morgan fingerprint density at radius 2 is 2.10 bits per heavy atom. The van der Waals surface area contributed by atoms with E-state index < -0.39 is 5.97 Å². The Hall–Kier alpha value is -2.21. The van der Waals surface area contributed by atoms with Crippen molar-refractivity contribution in [3.8, 4) is 0 Å². The Kier molecular flexibility index (Phi) is 3.70. The van der Waals surface area contributed by atoms with Crippen LogP contribution in [-0.2, 0) is 11.3 Å². The van der Waals surface area contributed by atoms with Gasteiger partial charge in [-0.05, 0) is 30.7 Å². The molecule has 3 rings (SSSR count). The molecule has 3 aromatic rings. The van der Waals surface area contributed by atoms with Gasteiger partial charge < -0.3 is 4.74 Å². The Labute approximate surface area is 129 Å². The minimum atomic E-state index is -0.413. The number of fused-ring (bicyclic) bond motifs is 1. The summed E-state index contributed by atoms with van der Waals surface area (Å²) >= 11 is 3.37. The van der Waals surface area contributed by atoms with E-state index in [9.17, 15) is 4.79 Å². The topological polar surface area (TPSA) is 56.5 Å². The number of ether oxygens (including phenoxy) is 1. The van der Waals surface area contributed by atoms with Gasteiger partial charge in [-0.1, -0.05) is 28.1 Å². The molecule has 0 atom stereocenters. The molecule has 0 bridgehead atoms. The Morgan fingerprint density at radius 1 is 1.33 bits per heavy atom. The average molecular weight is 346 g/mol. The molecule has 1 aromatic carbocycles. The number of aryl methyl sites for hydroxylation is 1. The normalized spacial score (nSPS) is 10.8. The van der Waals surface area contributed by atoms with E-state index in [0.29, 0.717) is 16.9 Å². The van der Waals surface area contributed by atoms with Crippen LogP contribution in [0.2, 0.25) is 0 Å². The highest BCUT2D eigenvalue weighted by molar-refractivity contribution is 9.10. The average Bonchev–Trinajstić information content (AvgIpc) is 2.82. The fourth-order valence-electron chi connectivity index (χ4n) is 2.04. The molecule has 0 radical (unpaired) electrons. The fourth-order valence-corrected chi connectivity index (χ4v) is 2.30. The highest BCUT2D eigenvalue weighted by atomic mass is 79.9. The Balaban J connectivity index is 1.81. The van der Waals surface area contributed by atoms with Crippen LogP contribution in [0.1, 0.15) is 21.6 Å². The van der Waals surface area contributed by atoms with Crippen LogP contribution in [0.25, 0.3) is 5.65 Å². The van der Waals surface area contributed by atoms with Crippen molar-refractivity contribution >= 4 is 27.5 Å². The number of aromatic nitrogens is 3. The molecule has 0 N–H and O–H groups in total. The number of hydrogen-bond donors (Lipinski definition) is 0. The molecule has 0 aliphatic heterocycles. The zero-order chi connectivity index (χ0) is 14.8. The van der Waals surface area contributed by atoms with Gasteiger partial charge in [0.1, 0.15) is 12.2 Å². The summed E-state index contributed by atoms with van der Waals surface area (Å²) in [5.74, 6) is -0.413. The zero-order valence-corrected chi connectivity index (χ0v) is 12.9. The molecule has 0 unspecified atom stereocenters. The van der Waals surface area contributed by atoms with E-state index in [2.05, 4.69) is 26.0 Å². The van der Waals surface area contributed by atoms with Crippen molar-refractivity contribution < 1.29 is 9.53 Å². The van der Waals surface area contributed by atoms with E-state index in [-0.39, 0.29) is 6.61 Å². The molecular weight excluding hydrogens is 334 g/mol. The van der Waals surface area contributed by atoms with Gasteiger partial charge in [-0.2, -0.15) is 5.10 Å². The number of esters is 1. The molecular formula is C15H12BrN3O2. The van der Waals surface area contributed by atoms with Crippen LogP contribution in [0.4, 0.5) is 0 Å². The van der Waals surface area contributed by atoms with Crippen molar-refractivity contribution in [2.75, 3.05) is 0 Å². The maximum Gasteiger partial charge on any atom is 0.344 e. The van der Waals surface area contributed by atoms with Gasteiger partial charge in [0.05, 0.1) is 5.69 Å². The third-order valence-corrected chi connectivity index (χ3v) is 3.59. The van der Waals surface area contributed by atoms with Gasteiger partial charge in [-0.3, -0.25) is 0 Å². The summed E-state index contributed by atoms with van der Waals surface area (Å²) in [6, 6.07) is 9.38. The van der Waals surface area contributed by atoms with E-state index in [1.165, 1.54) is 0 Å². The van der Waals surface area contributed by atoms with Crippen molar-refractivity contribution in [2.45, 2.75) is 13.5 Å². The summed E-state index contributed by atoms with van der Waals surface area (Å²) in [5, 5.41) is 4.25. The maximum atomic E-state index is 12.3. The minimum absolute atomic E-state index is 0.218. The van der Waals surface area contributed by atoms with Crippen LogP contribution >= 0.6 is 15.9 Å². The number of nitrogens with zero attached hydrogens (tertiary/aromatic N) is 3. The predicted molar refractivity (Wildman–Crippen MR) is 81.0 cm³/mol. The first-order chi connectivity index (χ1) is 10.1. The summed E-state index contributed by atoms with van der Waals surface area (Å²) in [6.45, 7) is 1.99. The van der Waals surface area contributed by atoms with Gasteiger partial charge in [0.15, 0.2) is 5.65 Å². The van der Waals surface area contributed by atoms with E-state index in [0.717, 1.165) is 10.0 Å². The number of carbonyl (C=O) groups is 1. The van der Waals surface area contributed by atoms with E-state index in [1.54, 1.807) is 29.9 Å². The predicted octanol–water partition coefficient (Wildman–Crippen LogP) is 3.16. The largest absolute Gasteiger partial charge is 0.457 e. The number of rotatable bonds is 3. The minimum Gasteiger partial charge on any atom is -0.457 e. The molecule has 21 heavy (non-hydrogen) atoms. The summed E-state index contributed by atoms with van der Waals surface area (Å²) in [4.78, 5) is 16.4. The summed E-state index contributed by atoms with van der Waals surface area (Å²) in [6.07, 6.45) is 3.38. The van der Waals surface area contributed by atoms with Gasteiger partial charge in [-0.15, -0.1) is 0 Å². The maximum absolute atomic E-state index is 12.3. The van der Waals surface area contributed by atoms with Gasteiger partial charge in [0.25, 0.3) is 0 Å². The van der Waals surface area contributed by atoms with Crippen LogP contribution in [0.15, 0.2) is 47.2 Å². The molecule has 0 spiro atoms. The lowest BCUT2D eigenvalue weighted by molar-refractivity contribution is 0.0474. The second kappa shape index (κ2) is 5.65. The van der Waals surface area contributed by atoms with E-state index in [1.807, 2.05) is 24.3 Å². The first-order valence-corrected chi connectivity index (χ1v) is 7.16. The van der Waals surface area contributed by atoms with Crippen LogP contribution < -0.4 is 0 Å². The lowest BCUT2D eigenvalue weighted by atomic mass is 10.2. The van der Waals surface area contributed by atoms with Crippen molar-refractivity contribution in [1.82, 2.24) is 14.6 Å². The standard InChI is InChI=1S/C15H12BrN3O2/c1-10-13(14-17-7-2-8-19(14)18-10)15(20)21-9-11-3-5-12(16)6-4-11/h2-8H,9H2,1H3. The quantitative estimate of drug-likeness (QED) is 0.684. The zero-order valence-electron chi connectivity index (χ0n) is 11.3. The monoisotopic (exact) mass is 345 g/mol. The molecule has 6 heteroatoms. The van der Waals surface area contributed by atoms with Gasteiger partial charge in [-0.25, -0.2) is 14.3 Å². The molecule has 5 nitrogen and oxygen atoms in total. The van der Waals surface area contributed by atoms with Crippen LogP contribution in [0, 0.1) is 6.92 Å². The fraction of sp³-hybridized carbons (Fsp3) is 0.133. The lowest BCUT2D eigenvalue weighted by Crippen LogP contribution is -2.07. The van der Waals surface area contributed by atoms with Crippen LogP contribution in [-0.4, -0.2) is 20.6 Å². The first kappa shape index (κ1) is 13.8. The van der Waals surface area contributed by atoms with Crippen molar-refractivity contribution in [3.63, 3.8) is 0 Å². The molecule has 0 aliphatic rings. The van der Waals surface area contributed by atoms with Gasteiger partial charge >= 0.3 is 5.97 Å². The molecule has 2 heterocycles. The first-order valence-electron chi connectivity index (χ1n) is 6.36. The molecule has 0 aliphatic carbocycles. The number of carbonyl (C=O) groups excluding carboxylic acids is 1. The lowest BCUT2D eigenvalue weighted by Gasteiger charge is -2.04. The summed E-state index contributed by atoms with van der Waals surface area (Å²) in [5.41, 5.74) is 2.45. The second-order valence-electron chi connectivity index (χ2n) is 4.55. The molecule has 0 saturated heterocycles. The van der Waals surface area contributed by atoms with Crippen LogP contribution in [0.3, 0.4) is 0 Å². The summed E-state index contributed by atoms with van der Waals surface area (Å²) < 4.78 is 7.91. The van der Waals surface area contributed by atoms with Crippen molar-refractivity contribution in [3.05, 3.63) is 64.0 Å². The highest BCUT2D eigenvalue weighted by Crippen LogP contribution is 2.16. The van der Waals surface area contributed by atoms with E-state index in [4.69, 9.17) is 4.74 Å². The van der Waals surface area contributed by atoms with E-state index >= 15 is 0 Å². The highest BCUT2D eigenvalue weighted by Gasteiger charge is 2.19. The number of hydrogen-bond acceptors (Lipinski definition) is 4. The molecule has 2 aromatic heterocycles. The molecule has 0 amide bonds. The number of benzene rings is 1. The molecule has 0 fully saturated rings. The van der Waals surface area contributed by atoms with Gasteiger partial charge in [0.2, 0.25) is 0 Å². The third-order valence-electron chi connectivity index (χ3n) is 3.06. The number of halogens is 1. The smallest absolute Gasteiger partial charge is 0.344 e. The van der Waals surface area contributed by atoms with Crippen molar-refractivity contribution in [2.24, 2.45) is 0 Å².